The number of ether oxygens (including phenoxy) is 2. The maximum absolute atomic E-state index is 13.6. The van der Waals surface area contributed by atoms with Gasteiger partial charge in [0.05, 0.1) is 12.7 Å². The van der Waals surface area contributed by atoms with E-state index in [0.717, 1.165) is 6.07 Å². The summed E-state index contributed by atoms with van der Waals surface area (Å²) in [7, 11) is 1.32. The molecule has 0 aromatic heterocycles. The minimum atomic E-state index is -1.07. The summed E-state index contributed by atoms with van der Waals surface area (Å²) in [5.74, 6) is -2.02. The van der Waals surface area contributed by atoms with Gasteiger partial charge in [-0.05, 0) is 43.3 Å². The fraction of sp³-hybridized carbons (Fsp3) is 0.176. The standard InChI is InChI=1S/C17H15ClFNO4/c1-10(16(21)20-13-5-3-4-12(18)9-13)24-17(22)11-6-7-15(23-2)14(19)8-11/h3-10H,1-2H3,(H,20,21)/t10-/m1/s1. The highest BCUT2D eigenvalue weighted by Crippen LogP contribution is 2.19. The Balaban J connectivity index is 2.00. The van der Waals surface area contributed by atoms with E-state index in [1.807, 2.05) is 0 Å². The Morgan fingerprint density at radius 2 is 1.96 bits per heavy atom. The summed E-state index contributed by atoms with van der Waals surface area (Å²) < 4.78 is 23.4. The molecule has 5 nitrogen and oxygen atoms in total. The van der Waals surface area contributed by atoms with Gasteiger partial charge in [-0.3, -0.25) is 4.79 Å². The van der Waals surface area contributed by atoms with Crippen molar-refractivity contribution in [1.82, 2.24) is 0 Å². The van der Waals surface area contributed by atoms with Crippen molar-refractivity contribution in [3.05, 3.63) is 58.9 Å². The molecule has 126 valence electrons. The Labute approximate surface area is 143 Å². The number of methoxy groups -OCH3 is 1. The summed E-state index contributed by atoms with van der Waals surface area (Å²) in [4.78, 5) is 24.0. The van der Waals surface area contributed by atoms with Gasteiger partial charge in [0.2, 0.25) is 0 Å². The first-order valence-corrected chi connectivity index (χ1v) is 7.39. The molecule has 0 bridgehead atoms. The van der Waals surface area contributed by atoms with Gasteiger partial charge in [0.25, 0.3) is 5.91 Å². The van der Waals surface area contributed by atoms with Crippen molar-refractivity contribution < 1.29 is 23.5 Å². The van der Waals surface area contributed by atoms with Crippen LogP contribution in [0.4, 0.5) is 10.1 Å². The molecule has 0 radical (unpaired) electrons. The molecule has 0 heterocycles. The van der Waals surface area contributed by atoms with E-state index in [9.17, 15) is 14.0 Å². The quantitative estimate of drug-likeness (QED) is 0.835. The summed E-state index contributed by atoms with van der Waals surface area (Å²) in [5, 5.41) is 3.04. The molecule has 2 rings (SSSR count). The number of benzene rings is 2. The Morgan fingerprint density at radius 1 is 1.21 bits per heavy atom. The minimum absolute atomic E-state index is 0.0123. The first kappa shape index (κ1) is 17.7. The van der Waals surface area contributed by atoms with Gasteiger partial charge in [-0.25, -0.2) is 9.18 Å². The zero-order chi connectivity index (χ0) is 17.7. The zero-order valence-corrected chi connectivity index (χ0v) is 13.8. The molecule has 1 atom stereocenters. The number of rotatable bonds is 5. The maximum atomic E-state index is 13.6. The van der Waals surface area contributed by atoms with E-state index in [1.54, 1.807) is 24.3 Å². The van der Waals surface area contributed by atoms with Crippen LogP contribution in [0.1, 0.15) is 17.3 Å². The first-order chi connectivity index (χ1) is 11.4. The van der Waals surface area contributed by atoms with Crippen LogP contribution in [0.25, 0.3) is 0 Å². The summed E-state index contributed by atoms with van der Waals surface area (Å²) in [6.07, 6.45) is -1.07. The van der Waals surface area contributed by atoms with E-state index in [2.05, 4.69) is 5.32 Å². The molecule has 0 spiro atoms. The molecule has 0 saturated carbocycles. The Hall–Kier alpha value is -2.60. The van der Waals surface area contributed by atoms with Gasteiger partial charge in [0, 0.05) is 10.7 Å². The molecular weight excluding hydrogens is 337 g/mol. The predicted octanol–water partition coefficient (Wildman–Crippen LogP) is 3.67. The average molecular weight is 352 g/mol. The fourth-order valence-corrected chi connectivity index (χ4v) is 2.08. The molecule has 0 fully saturated rings. The van der Waals surface area contributed by atoms with Gasteiger partial charge < -0.3 is 14.8 Å². The van der Waals surface area contributed by atoms with Crippen LogP contribution in [0, 0.1) is 5.82 Å². The average Bonchev–Trinajstić information content (AvgIpc) is 2.54. The third kappa shape index (κ3) is 4.45. The lowest BCUT2D eigenvalue weighted by molar-refractivity contribution is -0.123. The number of amides is 1. The highest BCUT2D eigenvalue weighted by Gasteiger charge is 2.20. The molecule has 2 aromatic carbocycles. The molecule has 1 N–H and O–H groups in total. The number of carbonyl (C=O) groups excluding carboxylic acids is 2. The second kappa shape index (κ2) is 7.79. The number of halogens is 2. The SMILES string of the molecule is COc1ccc(C(=O)O[C@H](C)C(=O)Nc2cccc(Cl)c2)cc1F. The van der Waals surface area contributed by atoms with Crippen molar-refractivity contribution in [2.24, 2.45) is 0 Å². The van der Waals surface area contributed by atoms with E-state index in [0.29, 0.717) is 10.7 Å². The maximum Gasteiger partial charge on any atom is 0.339 e. The summed E-state index contributed by atoms with van der Waals surface area (Å²) in [5.41, 5.74) is 0.460. The summed E-state index contributed by atoms with van der Waals surface area (Å²) in [6, 6.07) is 10.2. The second-order valence-electron chi connectivity index (χ2n) is 4.90. The Bertz CT molecular complexity index is 766. The van der Waals surface area contributed by atoms with Crippen LogP contribution in [-0.4, -0.2) is 25.1 Å². The molecule has 0 aliphatic heterocycles. The van der Waals surface area contributed by atoms with Crippen LogP contribution < -0.4 is 10.1 Å². The Kier molecular flexibility index (Phi) is 5.76. The minimum Gasteiger partial charge on any atom is -0.494 e. The molecule has 0 aliphatic rings. The van der Waals surface area contributed by atoms with Crippen molar-refractivity contribution in [1.29, 1.82) is 0 Å². The highest BCUT2D eigenvalue weighted by molar-refractivity contribution is 6.30. The van der Waals surface area contributed by atoms with Gasteiger partial charge in [0.15, 0.2) is 17.7 Å². The molecule has 7 heteroatoms. The summed E-state index contributed by atoms with van der Waals surface area (Å²) in [6.45, 7) is 1.41. The smallest absolute Gasteiger partial charge is 0.339 e. The van der Waals surface area contributed by atoms with Crippen LogP contribution >= 0.6 is 11.6 Å². The lowest BCUT2D eigenvalue weighted by Gasteiger charge is -2.14. The number of nitrogens with one attached hydrogen (secondary N) is 1. The van der Waals surface area contributed by atoms with E-state index in [-0.39, 0.29) is 11.3 Å². The van der Waals surface area contributed by atoms with Crippen LogP contribution in [0.15, 0.2) is 42.5 Å². The van der Waals surface area contributed by atoms with Crippen molar-refractivity contribution in [3.63, 3.8) is 0 Å². The third-order valence-electron chi connectivity index (χ3n) is 3.13. The fourth-order valence-electron chi connectivity index (χ4n) is 1.89. The molecule has 0 aliphatic carbocycles. The largest absolute Gasteiger partial charge is 0.494 e. The Morgan fingerprint density at radius 3 is 2.58 bits per heavy atom. The molecule has 1 amide bonds. The molecule has 24 heavy (non-hydrogen) atoms. The van der Waals surface area contributed by atoms with Gasteiger partial charge >= 0.3 is 5.97 Å². The van der Waals surface area contributed by atoms with Crippen molar-refractivity contribution in [2.45, 2.75) is 13.0 Å². The molecule has 0 unspecified atom stereocenters. The van der Waals surface area contributed by atoms with Crippen LogP contribution in [0.5, 0.6) is 5.75 Å². The number of hydrogen-bond acceptors (Lipinski definition) is 4. The molecule has 2 aromatic rings. The first-order valence-electron chi connectivity index (χ1n) is 7.01. The van der Waals surface area contributed by atoms with E-state index >= 15 is 0 Å². The van der Waals surface area contributed by atoms with Crippen molar-refractivity contribution in [2.75, 3.05) is 12.4 Å². The predicted molar refractivity (Wildman–Crippen MR) is 87.9 cm³/mol. The highest BCUT2D eigenvalue weighted by atomic mass is 35.5. The number of anilines is 1. The van der Waals surface area contributed by atoms with Crippen LogP contribution in [-0.2, 0) is 9.53 Å². The normalized spacial score (nSPS) is 11.5. The van der Waals surface area contributed by atoms with Gasteiger partial charge in [0.1, 0.15) is 0 Å². The topological polar surface area (TPSA) is 64.6 Å². The van der Waals surface area contributed by atoms with Crippen molar-refractivity contribution in [3.8, 4) is 5.75 Å². The van der Waals surface area contributed by atoms with Gasteiger partial charge in [-0.1, -0.05) is 17.7 Å². The zero-order valence-electron chi connectivity index (χ0n) is 13.0. The number of hydrogen-bond donors (Lipinski definition) is 1. The number of esters is 1. The lowest BCUT2D eigenvalue weighted by Crippen LogP contribution is -2.30. The second-order valence-corrected chi connectivity index (χ2v) is 5.33. The lowest BCUT2D eigenvalue weighted by atomic mass is 10.2. The number of carbonyl (C=O) groups is 2. The van der Waals surface area contributed by atoms with E-state index in [4.69, 9.17) is 21.1 Å². The van der Waals surface area contributed by atoms with Crippen molar-refractivity contribution >= 4 is 29.2 Å². The van der Waals surface area contributed by atoms with Crippen LogP contribution in [0.2, 0.25) is 5.02 Å². The van der Waals surface area contributed by atoms with Crippen LogP contribution in [0.3, 0.4) is 0 Å². The van der Waals surface area contributed by atoms with E-state index < -0.39 is 23.8 Å². The summed E-state index contributed by atoms with van der Waals surface area (Å²) >= 11 is 5.83. The van der Waals surface area contributed by atoms with E-state index in [1.165, 1.54) is 26.2 Å². The molecule has 0 saturated heterocycles. The van der Waals surface area contributed by atoms with Gasteiger partial charge in [-0.2, -0.15) is 0 Å². The van der Waals surface area contributed by atoms with Gasteiger partial charge in [-0.15, -0.1) is 0 Å². The third-order valence-corrected chi connectivity index (χ3v) is 3.37. The molecular formula is C17H15ClFNO4. The monoisotopic (exact) mass is 351 g/mol.